The van der Waals surface area contributed by atoms with Gasteiger partial charge in [0.15, 0.2) is 0 Å². The van der Waals surface area contributed by atoms with Gasteiger partial charge >= 0.3 is 0 Å². The molecule has 0 heterocycles. The van der Waals surface area contributed by atoms with Crippen molar-refractivity contribution < 1.29 is 9.84 Å². The standard InChI is InChI=1S/C16H26O2/c1-13(2)5-4-6-15(17)10-7-14-8-11-16(18-3)12-9-14/h8-9,11-13,15,17H,4-7,10H2,1-3H3. The van der Waals surface area contributed by atoms with E-state index in [2.05, 4.69) is 26.0 Å². The smallest absolute Gasteiger partial charge is 0.118 e. The van der Waals surface area contributed by atoms with Crippen molar-refractivity contribution in [1.82, 2.24) is 0 Å². The molecule has 2 heteroatoms. The molecule has 0 spiro atoms. The lowest BCUT2D eigenvalue weighted by atomic mass is 10.00. The van der Waals surface area contributed by atoms with Gasteiger partial charge in [-0.3, -0.25) is 0 Å². The summed E-state index contributed by atoms with van der Waals surface area (Å²) in [6.07, 6.45) is 4.89. The van der Waals surface area contributed by atoms with Gasteiger partial charge < -0.3 is 9.84 Å². The Labute approximate surface area is 111 Å². The highest BCUT2D eigenvalue weighted by atomic mass is 16.5. The molecule has 1 atom stereocenters. The number of aryl methyl sites for hydroxylation is 1. The predicted octanol–water partition coefficient (Wildman–Crippen LogP) is 3.82. The van der Waals surface area contributed by atoms with Crippen LogP contribution >= 0.6 is 0 Å². The van der Waals surface area contributed by atoms with Gasteiger partial charge in [-0.05, 0) is 42.9 Å². The Morgan fingerprint density at radius 1 is 1.06 bits per heavy atom. The van der Waals surface area contributed by atoms with Crippen LogP contribution in [0.1, 0.15) is 45.1 Å². The van der Waals surface area contributed by atoms with Gasteiger partial charge in [0.1, 0.15) is 5.75 Å². The molecule has 1 aromatic carbocycles. The van der Waals surface area contributed by atoms with Crippen molar-refractivity contribution in [2.75, 3.05) is 7.11 Å². The molecule has 0 aromatic heterocycles. The van der Waals surface area contributed by atoms with Crippen LogP contribution in [-0.2, 0) is 6.42 Å². The van der Waals surface area contributed by atoms with Crippen LogP contribution in [0.25, 0.3) is 0 Å². The van der Waals surface area contributed by atoms with E-state index in [1.165, 1.54) is 12.0 Å². The fourth-order valence-electron chi connectivity index (χ4n) is 2.03. The summed E-state index contributed by atoms with van der Waals surface area (Å²) < 4.78 is 5.12. The van der Waals surface area contributed by atoms with Crippen molar-refractivity contribution in [3.8, 4) is 5.75 Å². The quantitative estimate of drug-likeness (QED) is 0.760. The van der Waals surface area contributed by atoms with Crippen LogP contribution in [0, 0.1) is 5.92 Å². The van der Waals surface area contributed by atoms with Crippen LogP contribution in [0.15, 0.2) is 24.3 Å². The topological polar surface area (TPSA) is 29.5 Å². The van der Waals surface area contributed by atoms with Gasteiger partial charge in [-0.25, -0.2) is 0 Å². The Morgan fingerprint density at radius 3 is 2.28 bits per heavy atom. The fraction of sp³-hybridized carbons (Fsp3) is 0.625. The molecule has 1 aromatic rings. The summed E-state index contributed by atoms with van der Waals surface area (Å²) in [6.45, 7) is 4.45. The van der Waals surface area contributed by atoms with Gasteiger partial charge in [-0.2, -0.15) is 0 Å². The van der Waals surface area contributed by atoms with Crippen molar-refractivity contribution in [2.45, 2.75) is 52.1 Å². The number of hydrogen-bond acceptors (Lipinski definition) is 2. The Morgan fingerprint density at radius 2 is 1.72 bits per heavy atom. The molecule has 18 heavy (non-hydrogen) atoms. The van der Waals surface area contributed by atoms with Crippen LogP contribution in [0.4, 0.5) is 0 Å². The van der Waals surface area contributed by atoms with Gasteiger partial charge in [0.25, 0.3) is 0 Å². The number of aliphatic hydroxyl groups is 1. The van der Waals surface area contributed by atoms with Crippen molar-refractivity contribution in [2.24, 2.45) is 5.92 Å². The first-order chi connectivity index (χ1) is 8.61. The molecule has 0 radical (unpaired) electrons. The highest BCUT2D eigenvalue weighted by Crippen LogP contribution is 2.15. The normalized spacial score (nSPS) is 12.7. The van der Waals surface area contributed by atoms with Crippen LogP contribution in [-0.4, -0.2) is 18.3 Å². The Hall–Kier alpha value is -1.02. The molecule has 1 unspecified atom stereocenters. The molecular formula is C16H26O2. The van der Waals surface area contributed by atoms with Crippen molar-refractivity contribution in [3.63, 3.8) is 0 Å². The maximum Gasteiger partial charge on any atom is 0.118 e. The maximum absolute atomic E-state index is 9.90. The number of hydrogen-bond donors (Lipinski definition) is 1. The molecule has 1 N–H and O–H groups in total. The molecule has 0 aliphatic heterocycles. The second-order valence-electron chi connectivity index (χ2n) is 5.37. The zero-order valence-corrected chi connectivity index (χ0v) is 11.9. The highest BCUT2D eigenvalue weighted by molar-refractivity contribution is 5.27. The van der Waals surface area contributed by atoms with Gasteiger partial charge in [0, 0.05) is 0 Å². The molecule has 0 amide bonds. The molecule has 0 fully saturated rings. The first-order valence-corrected chi connectivity index (χ1v) is 6.92. The first kappa shape index (κ1) is 15.0. The summed E-state index contributed by atoms with van der Waals surface area (Å²) in [5.41, 5.74) is 1.26. The van der Waals surface area contributed by atoms with E-state index in [-0.39, 0.29) is 6.10 Å². The van der Waals surface area contributed by atoms with Gasteiger partial charge in [-0.1, -0.05) is 38.8 Å². The van der Waals surface area contributed by atoms with Crippen LogP contribution < -0.4 is 4.74 Å². The maximum atomic E-state index is 9.90. The lowest BCUT2D eigenvalue weighted by Gasteiger charge is -2.11. The number of benzene rings is 1. The largest absolute Gasteiger partial charge is 0.497 e. The second kappa shape index (κ2) is 8.15. The van der Waals surface area contributed by atoms with Crippen LogP contribution in [0.5, 0.6) is 5.75 Å². The zero-order chi connectivity index (χ0) is 13.4. The third-order valence-electron chi connectivity index (χ3n) is 3.24. The minimum absolute atomic E-state index is 0.161. The SMILES string of the molecule is COc1ccc(CCC(O)CCCC(C)C)cc1. The molecule has 0 bridgehead atoms. The lowest BCUT2D eigenvalue weighted by molar-refractivity contribution is 0.150. The van der Waals surface area contributed by atoms with Crippen molar-refractivity contribution in [1.29, 1.82) is 0 Å². The molecule has 0 aliphatic carbocycles. The summed E-state index contributed by atoms with van der Waals surface area (Å²) in [5, 5.41) is 9.90. The van der Waals surface area contributed by atoms with E-state index in [9.17, 15) is 5.11 Å². The van der Waals surface area contributed by atoms with Gasteiger partial charge in [0.05, 0.1) is 13.2 Å². The minimum atomic E-state index is -0.161. The monoisotopic (exact) mass is 250 g/mol. The van der Waals surface area contributed by atoms with E-state index in [4.69, 9.17) is 4.74 Å². The number of ether oxygens (including phenoxy) is 1. The summed E-state index contributed by atoms with van der Waals surface area (Å²) in [5.74, 6) is 1.62. The second-order valence-corrected chi connectivity index (χ2v) is 5.37. The number of aliphatic hydroxyl groups excluding tert-OH is 1. The van der Waals surface area contributed by atoms with Crippen LogP contribution in [0.3, 0.4) is 0 Å². The summed E-state index contributed by atoms with van der Waals surface area (Å²) >= 11 is 0. The highest BCUT2D eigenvalue weighted by Gasteiger charge is 2.05. The Kier molecular flexibility index (Phi) is 6.81. The van der Waals surface area contributed by atoms with Crippen LogP contribution in [0.2, 0.25) is 0 Å². The molecular weight excluding hydrogens is 224 g/mol. The molecule has 0 saturated heterocycles. The van der Waals surface area contributed by atoms with E-state index in [1.807, 2.05) is 12.1 Å². The molecule has 1 rings (SSSR count). The molecule has 102 valence electrons. The third-order valence-corrected chi connectivity index (χ3v) is 3.24. The predicted molar refractivity (Wildman–Crippen MR) is 76.0 cm³/mol. The van der Waals surface area contributed by atoms with E-state index in [0.717, 1.165) is 37.4 Å². The van der Waals surface area contributed by atoms with E-state index in [0.29, 0.717) is 0 Å². The Bertz CT molecular complexity index is 316. The molecule has 0 aliphatic rings. The van der Waals surface area contributed by atoms with Crippen molar-refractivity contribution in [3.05, 3.63) is 29.8 Å². The van der Waals surface area contributed by atoms with Gasteiger partial charge in [-0.15, -0.1) is 0 Å². The summed E-state index contributed by atoms with van der Waals surface area (Å²) in [6, 6.07) is 8.08. The number of methoxy groups -OCH3 is 1. The third kappa shape index (κ3) is 6.06. The first-order valence-electron chi connectivity index (χ1n) is 6.92. The Balaban J connectivity index is 2.22. The summed E-state index contributed by atoms with van der Waals surface area (Å²) in [4.78, 5) is 0. The fourth-order valence-corrected chi connectivity index (χ4v) is 2.03. The average Bonchev–Trinajstić information content (AvgIpc) is 2.36. The van der Waals surface area contributed by atoms with Gasteiger partial charge in [0.2, 0.25) is 0 Å². The van der Waals surface area contributed by atoms with E-state index < -0.39 is 0 Å². The average molecular weight is 250 g/mol. The molecule has 2 nitrogen and oxygen atoms in total. The van der Waals surface area contributed by atoms with E-state index in [1.54, 1.807) is 7.11 Å². The molecule has 0 saturated carbocycles. The zero-order valence-electron chi connectivity index (χ0n) is 11.9. The number of rotatable bonds is 8. The lowest BCUT2D eigenvalue weighted by Crippen LogP contribution is -2.08. The van der Waals surface area contributed by atoms with E-state index >= 15 is 0 Å². The summed E-state index contributed by atoms with van der Waals surface area (Å²) in [7, 11) is 1.67. The minimum Gasteiger partial charge on any atom is -0.497 e. The van der Waals surface area contributed by atoms with Crippen molar-refractivity contribution >= 4 is 0 Å².